The molecule has 0 saturated carbocycles. The number of aliphatic hydroxyl groups excluding tert-OH is 1. The molecule has 19 heavy (non-hydrogen) atoms. The quantitative estimate of drug-likeness (QED) is 0.900. The van der Waals surface area contributed by atoms with Gasteiger partial charge < -0.3 is 5.11 Å². The van der Waals surface area contributed by atoms with Gasteiger partial charge in [0.05, 0.1) is 6.10 Å². The number of hydrogen-bond donors (Lipinski definition) is 1. The SMILES string of the molecule is CCCC1CCCCN1C1Cc2ccccc2C1O. The molecule has 0 amide bonds. The van der Waals surface area contributed by atoms with E-state index in [0.29, 0.717) is 12.1 Å². The van der Waals surface area contributed by atoms with Gasteiger partial charge in [-0.05, 0) is 43.4 Å². The summed E-state index contributed by atoms with van der Waals surface area (Å²) in [4.78, 5) is 2.61. The molecule has 104 valence electrons. The molecule has 3 unspecified atom stereocenters. The van der Waals surface area contributed by atoms with Crippen LogP contribution in [0.25, 0.3) is 0 Å². The van der Waals surface area contributed by atoms with E-state index in [2.05, 4.69) is 30.0 Å². The Kier molecular flexibility index (Phi) is 3.90. The van der Waals surface area contributed by atoms with Crippen LogP contribution in [0.1, 0.15) is 56.3 Å². The van der Waals surface area contributed by atoms with Gasteiger partial charge in [-0.2, -0.15) is 0 Å². The summed E-state index contributed by atoms with van der Waals surface area (Å²) in [7, 11) is 0. The lowest BCUT2D eigenvalue weighted by Gasteiger charge is -2.41. The maximum absolute atomic E-state index is 10.6. The Morgan fingerprint density at radius 2 is 2.11 bits per heavy atom. The van der Waals surface area contributed by atoms with E-state index in [-0.39, 0.29) is 6.10 Å². The lowest BCUT2D eigenvalue weighted by Crippen LogP contribution is -2.48. The number of fused-ring (bicyclic) bond motifs is 1. The second kappa shape index (κ2) is 5.64. The standard InChI is InChI=1S/C17H25NO/c1-2-7-14-9-5-6-11-18(14)16-12-13-8-3-4-10-15(13)17(16)19/h3-4,8,10,14,16-17,19H,2,5-7,9,11-12H2,1H3. The summed E-state index contributed by atoms with van der Waals surface area (Å²) in [6.07, 6.45) is 7.23. The van der Waals surface area contributed by atoms with Crippen LogP contribution < -0.4 is 0 Å². The molecule has 3 rings (SSSR count). The van der Waals surface area contributed by atoms with Crippen LogP contribution in [0.5, 0.6) is 0 Å². The zero-order valence-electron chi connectivity index (χ0n) is 11.9. The molecule has 1 aromatic rings. The van der Waals surface area contributed by atoms with E-state index in [1.165, 1.54) is 44.2 Å². The lowest BCUT2D eigenvalue weighted by atomic mass is 9.95. The van der Waals surface area contributed by atoms with Gasteiger partial charge in [-0.1, -0.05) is 44.0 Å². The summed E-state index contributed by atoms with van der Waals surface area (Å²) in [5, 5.41) is 10.6. The highest BCUT2D eigenvalue weighted by atomic mass is 16.3. The molecule has 0 bridgehead atoms. The predicted octanol–water partition coefficient (Wildman–Crippen LogP) is 3.30. The third-order valence-corrected chi connectivity index (χ3v) is 4.89. The summed E-state index contributed by atoms with van der Waals surface area (Å²) in [5.74, 6) is 0. The Morgan fingerprint density at radius 1 is 1.26 bits per heavy atom. The molecule has 0 radical (unpaired) electrons. The van der Waals surface area contributed by atoms with Crippen molar-refractivity contribution in [3.05, 3.63) is 35.4 Å². The van der Waals surface area contributed by atoms with Gasteiger partial charge >= 0.3 is 0 Å². The number of benzene rings is 1. The second-order valence-electron chi connectivity index (χ2n) is 6.09. The monoisotopic (exact) mass is 259 g/mol. The second-order valence-corrected chi connectivity index (χ2v) is 6.09. The van der Waals surface area contributed by atoms with E-state index in [1.807, 2.05) is 6.07 Å². The van der Waals surface area contributed by atoms with Crippen molar-refractivity contribution in [1.29, 1.82) is 0 Å². The molecule has 1 aliphatic carbocycles. The number of piperidine rings is 1. The molecular formula is C17H25NO. The Labute approximate surface area is 116 Å². The van der Waals surface area contributed by atoms with Crippen molar-refractivity contribution < 1.29 is 5.11 Å². The summed E-state index contributed by atoms with van der Waals surface area (Å²) < 4.78 is 0. The third kappa shape index (κ3) is 2.44. The summed E-state index contributed by atoms with van der Waals surface area (Å²) in [5.41, 5.74) is 2.51. The van der Waals surface area contributed by atoms with E-state index < -0.39 is 0 Å². The first-order chi connectivity index (χ1) is 9.31. The Balaban J connectivity index is 1.79. The first-order valence-electron chi connectivity index (χ1n) is 7.83. The predicted molar refractivity (Wildman–Crippen MR) is 78.1 cm³/mol. The highest BCUT2D eigenvalue weighted by molar-refractivity contribution is 5.36. The van der Waals surface area contributed by atoms with Gasteiger partial charge in [0.25, 0.3) is 0 Å². The Bertz CT molecular complexity index is 429. The molecular weight excluding hydrogens is 234 g/mol. The minimum Gasteiger partial charge on any atom is -0.387 e. The number of nitrogens with zero attached hydrogens (tertiary/aromatic N) is 1. The summed E-state index contributed by atoms with van der Waals surface area (Å²) >= 11 is 0. The highest BCUT2D eigenvalue weighted by Crippen LogP contribution is 2.37. The lowest BCUT2D eigenvalue weighted by molar-refractivity contribution is 0.0137. The van der Waals surface area contributed by atoms with E-state index in [9.17, 15) is 5.11 Å². The number of hydrogen-bond acceptors (Lipinski definition) is 2. The molecule has 1 aromatic carbocycles. The number of likely N-dealkylation sites (tertiary alicyclic amines) is 1. The molecule has 1 fully saturated rings. The molecule has 1 N–H and O–H groups in total. The van der Waals surface area contributed by atoms with Crippen molar-refractivity contribution in [3.63, 3.8) is 0 Å². The fourth-order valence-electron chi connectivity index (χ4n) is 3.95. The molecule has 0 spiro atoms. The van der Waals surface area contributed by atoms with Crippen LogP contribution in [0.4, 0.5) is 0 Å². The van der Waals surface area contributed by atoms with Crippen molar-refractivity contribution in [1.82, 2.24) is 4.90 Å². The molecule has 0 aromatic heterocycles. The highest BCUT2D eigenvalue weighted by Gasteiger charge is 2.38. The van der Waals surface area contributed by atoms with E-state index in [1.54, 1.807) is 0 Å². The minimum absolute atomic E-state index is 0.284. The zero-order valence-corrected chi connectivity index (χ0v) is 11.9. The van der Waals surface area contributed by atoms with Crippen molar-refractivity contribution in [2.45, 2.75) is 63.6 Å². The first kappa shape index (κ1) is 13.1. The molecule has 2 nitrogen and oxygen atoms in total. The largest absolute Gasteiger partial charge is 0.387 e. The van der Waals surface area contributed by atoms with Crippen molar-refractivity contribution in [2.24, 2.45) is 0 Å². The Morgan fingerprint density at radius 3 is 2.89 bits per heavy atom. The van der Waals surface area contributed by atoms with Crippen LogP contribution in [-0.2, 0) is 6.42 Å². The summed E-state index contributed by atoms with van der Waals surface area (Å²) in [6.45, 7) is 3.44. The molecule has 2 heteroatoms. The average Bonchev–Trinajstić information content (AvgIpc) is 2.78. The van der Waals surface area contributed by atoms with Crippen LogP contribution in [0, 0.1) is 0 Å². The number of aliphatic hydroxyl groups is 1. The van der Waals surface area contributed by atoms with Crippen molar-refractivity contribution in [3.8, 4) is 0 Å². The van der Waals surface area contributed by atoms with Gasteiger partial charge in [0.2, 0.25) is 0 Å². The van der Waals surface area contributed by atoms with Crippen LogP contribution in [0.2, 0.25) is 0 Å². The van der Waals surface area contributed by atoms with Crippen molar-refractivity contribution >= 4 is 0 Å². The maximum Gasteiger partial charge on any atom is 0.0951 e. The van der Waals surface area contributed by atoms with Crippen LogP contribution in [0.3, 0.4) is 0 Å². The first-order valence-corrected chi connectivity index (χ1v) is 7.83. The molecule has 3 atom stereocenters. The van der Waals surface area contributed by atoms with Gasteiger partial charge in [-0.25, -0.2) is 0 Å². The van der Waals surface area contributed by atoms with Gasteiger partial charge in [0, 0.05) is 12.1 Å². The average molecular weight is 259 g/mol. The molecule has 2 aliphatic rings. The van der Waals surface area contributed by atoms with Gasteiger partial charge in [-0.15, -0.1) is 0 Å². The fourth-order valence-corrected chi connectivity index (χ4v) is 3.95. The third-order valence-electron chi connectivity index (χ3n) is 4.89. The minimum atomic E-state index is -0.284. The number of rotatable bonds is 3. The fraction of sp³-hybridized carbons (Fsp3) is 0.647. The topological polar surface area (TPSA) is 23.5 Å². The van der Waals surface area contributed by atoms with Gasteiger partial charge in [-0.3, -0.25) is 4.90 Å². The maximum atomic E-state index is 10.6. The van der Waals surface area contributed by atoms with Crippen molar-refractivity contribution in [2.75, 3.05) is 6.54 Å². The normalized spacial score (nSPS) is 31.4. The zero-order chi connectivity index (χ0) is 13.2. The molecule has 1 aliphatic heterocycles. The molecule has 1 saturated heterocycles. The summed E-state index contributed by atoms with van der Waals surface area (Å²) in [6, 6.07) is 9.41. The van der Waals surface area contributed by atoms with Crippen LogP contribution in [0.15, 0.2) is 24.3 Å². The molecule has 1 heterocycles. The van der Waals surface area contributed by atoms with Gasteiger partial charge in [0.15, 0.2) is 0 Å². The van der Waals surface area contributed by atoms with Crippen LogP contribution in [-0.4, -0.2) is 28.6 Å². The van der Waals surface area contributed by atoms with E-state index in [0.717, 1.165) is 12.0 Å². The van der Waals surface area contributed by atoms with Gasteiger partial charge in [0.1, 0.15) is 0 Å². The van der Waals surface area contributed by atoms with E-state index in [4.69, 9.17) is 0 Å². The smallest absolute Gasteiger partial charge is 0.0951 e. The van der Waals surface area contributed by atoms with Crippen LogP contribution >= 0.6 is 0 Å². The Hall–Kier alpha value is -0.860. The van der Waals surface area contributed by atoms with E-state index >= 15 is 0 Å².